The predicted octanol–water partition coefficient (Wildman–Crippen LogP) is 12.2. The molecular weight excluding hydrogens is 609 g/mol. The van der Waals surface area contributed by atoms with Gasteiger partial charge in [-0.2, -0.15) is 0 Å². The summed E-state index contributed by atoms with van der Waals surface area (Å²) in [5, 5.41) is 1.00. The monoisotopic (exact) mass is 644 g/mol. The first-order chi connectivity index (χ1) is 24.6. The van der Waals surface area contributed by atoms with Gasteiger partial charge in [0.2, 0.25) is 0 Å². The van der Waals surface area contributed by atoms with Gasteiger partial charge in [-0.15, -0.1) is 0 Å². The van der Waals surface area contributed by atoms with Crippen LogP contribution in [0.1, 0.15) is 19.4 Å². The zero-order valence-electron chi connectivity index (χ0n) is 28.2. The van der Waals surface area contributed by atoms with Gasteiger partial charge in [-0.05, 0) is 66.1 Å². The van der Waals surface area contributed by atoms with Gasteiger partial charge in [0.05, 0.1) is 22.6 Å². The van der Waals surface area contributed by atoms with Crippen LogP contribution in [0.3, 0.4) is 0 Å². The Bertz CT molecular complexity index is 2410. The lowest BCUT2D eigenvalue weighted by atomic mass is 9.90. The Balaban J connectivity index is 1.45. The number of fused-ring (bicyclic) bond motifs is 1. The Labute approximate surface area is 293 Å². The molecule has 7 aromatic rings. The van der Waals surface area contributed by atoms with Crippen LogP contribution in [0.5, 0.6) is 0 Å². The van der Waals surface area contributed by atoms with Crippen molar-refractivity contribution in [3.05, 3.63) is 176 Å². The third-order valence-corrected chi connectivity index (χ3v) is 8.96. The van der Waals surface area contributed by atoms with Gasteiger partial charge in [0.15, 0.2) is 0 Å². The smallest absolute Gasteiger partial charge is 0.0823 e. The van der Waals surface area contributed by atoms with E-state index in [1.807, 2.05) is 81.0 Å². The number of hydrogen-bond acceptors (Lipinski definition) is 4. The van der Waals surface area contributed by atoms with E-state index in [4.69, 9.17) is 15.0 Å². The highest BCUT2D eigenvalue weighted by atomic mass is 14.8. The minimum Gasteiger partial charge on any atom is -0.263 e. The van der Waals surface area contributed by atoms with E-state index in [2.05, 4.69) is 109 Å². The summed E-state index contributed by atoms with van der Waals surface area (Å²) in [7, 11) is 0. The van der Waals surface area contributed by atoms with Crippen LogP contribution in [0.2, 0.25) is 0 Å². The van der Waals surface area contributed by atoms with E-state index in [1.165, 1.54) is 0 Å². The van der Waals surface area contributed by atoms with Crippen molar-refractivity contribution in [2.45, 2.75) is 13.8 Å². The average molecular weight is 645 g/mol. The highest BCUT2D eigenvalue weighted by molar-refractivity contribution is 6.06. The number of rotatable bonds is 9. The van der Waals surface area contributed by atoms with E-state index in [0.29, 0.717) is 0 Å². The third kappa shape index (κ3) is 6.11. The number of aromatic nitrogens is 3. The quantitative estimate of drug-likeness (QED) is 0.116. The molecule has 3 aromatic heterocycles. The van der Waals surface area contributed by atoms with Crippen molar-refractivity contribution in [3.8, 4) is 55.9 Å². The van der Waals surface area contributed by atoms with Crippen molar-refractivity contribution in [1.82, 2.24) is 15.0 Å². The molecule has 0 aliphatic heterocycles. The Hall–Kier alpha value is -6.52. The minimum atomic E-state index is 0.747. The summed E-state index contributed by atoms with van der Waals surface area (Å²) in [6.45, 7) is 12.5. The summed E-state index contributed by atoms with van der Waals surface area (Å²) in [6, 6.07) is 41.5. The lowest BCUT2D eigenvalue weighted by Crippen LogP contribution is -1.97. The topological polar surface area (TPSA) is 51.0 Å². The molecule has 0 aliphatic rings. The molecule has 0 unspecified atom stereocenters. The largest absolute Gasteiger partial charge is 0.263 e. The van der Waals surface area contributed by atoms with Crippen LogP contribution >= 0.6 is 0 Å². The predicted molar refractivity (Wildman–Crippen MR) is 211 cm³/mol. The summed E-state index contributed by atoms with van der Waals surface area (Å²) in [5.41, 5.74) is 14.1. The molecule has 0 aliphatic carbocycles. The minimum absolute atomic E-state index is 0.747. The zero-order chi connectivity index (χ0) is 34.5. The number of allylic oxidation sites excluding steroid dienone is 5. The summed E-state index contributed by atoms with van der Waals surface area (Å²) in [6.07, 6.45) is 11.8. The molecule has 0 saturated heterocycles. The Kier molecular flexibility index (Phi) is 9.17. The first-order valence-corrected chi connectivity index (χ1v) is 16.6. The molecule has 0 spiro atoms. The molecule has 0 saturated carbocycles. The maximum Gasteiger partial charge on any atom is 0.0823 e. The van der Waals surface area contributed by atoms with Gasteiger partial charge in [0, 0.05) is 51.8 Å². The zero-order valence-corrected chi connectivity index (χ0v) is 28.2. The van der Waals surface area contributed by atoms with Gasteiger partial charge in [0.1, 0.15) is 0 Å². The second-order valence-corrected chi connectivity index (χ2v) is 12.0. The molecule has 7 rings (SSSR count). The molecule has 3 heterocycles. The van der Waals surface area contributed by atoms with E-state index in [-0.39, 0.29) is 0 Å². The molecule has 0 bridgehead atoms. The fourth-order valence-corrected chi connectivity index (χ4v) is 6.43. The number of pyridine rings is 3. The maximum absolute atomic E-state index is 5.16. The summed E-state index contributed by atoms with van der Waals surface area (Å²) < 4.78 is 0. The van der Waals surface area contributed by atoms with Crippen molar-refractivity contribution in [1.29, 1.82) is 0 Å². The van der Waals surface area contributed by atoms with E-state index < -0.39 is 0 Å². The normalized spacial score (nSPS) is 11.6. The second-order valence-electron chi connectivity index (χ2n) is 12.0. The van der Waals surface area contributed by atoms with Gasteiger partial charge >= 0.3 is 0 Å². The summed E-state index contributed by atoms with van der Waals surface area (Å²) in [4.78, 5) is 19.8. The van der Waals surface area contributed by atoms with Gasteiger partial charge < -0.3 is 0 Å². The van der Waals surface area contributed by atoms with Crippen molar-refractivity contribution in [3.63, 3.8) is 0 Å². The molecule has 4 aromatic carbocycles. The van der Waals surface area contributed by atoms with E-state index >= 15 is 0 Å². The highest BCUT2D eigenvalue weighted by Crippen LogP contribution is 2.44. The summed E-state index contributed by atoms with van der Waals surface area (Å²) in [5.74, 6) is 0. The first kappa shape index (κ1) is 32.0. The van der Waals surface area contributed by atoms with Crippen LogP contribution in [-0.4, -0.2) is 21.7 Å². The lowest BCUT2D eigenvalue weighted by molar-refractivity contribution is 1.28. The van der Waals surface area contributed by atoms with Gasteiger partial charge in [-0.1, -0.05) is 134 Å². The van der Waals surface area contributed by atoms with Crippen LogP contribution in [0.15, 0.2) is 175 Å². The molecule has 240 valence electrons. The SMILES string of the molecule is C=Nc1c(C(=C)/C(C)=C/C=C\C)cnc(-c2cccc(-c3ncc4c(-c5ccccc5)ccnc4c3-c3ccccc3)c2)c1-c1ccccc1. The van der Waals surface area contributed by atoms with Gasteiger partial charge in [0.25, 0.3) is 0 Å². The molecule has 0 amide bonds. The van der Waals surface area contributed by atoms with E-state index in [9.17, 15) is 0 Å². The van der Waals surface area contributed by atoms with E-state index in [0.717, 1.165) is 89.2 Å². The second kappa shape index (κ2) is 14.3. The van der Waals surface area contributed by atoms with Crippen LogP contribution in [0.25, 0.3) is 72.4 Å². The Morgan fingerprint density at radius 3 is 1.82 bits per heavy atom. The fourth-order valence-electron chi connectivity index (χ4n) is 6.43. The molecule has 0 fully saturated rings. The molecule has 0 N–H and O–H groups in total. The number of nitrogens with zero attached hydrogens (tertiary/aromatic N) is 4. The fraction of sp³-hybridized carbons (Fsp3) is 0.0435. The van der Waals surface area contributed by atoms with Gasteiger partial charge in [-0.3, -0.25) is 19.9 Å². The molecular formula is C46H36N4. The van der Waals surface area contributed by atoms with Crippen LogP contribution in [-0.2, 0) is 0 Å². The molecule has 4 heteroatoms. The van der Waals surface area contributed by atoms with Gasteiger partial charge in [-0.25, -0.2) is 0 Å². The van der Waals surface area contributed by atoms with E-state index in [1.54, 1.807) is 0 Å². The first-order valence-electron chi connectivity index (χ1n) is 16.6. The Morgan fingerprint density at radius 2 is 1.20 bits per heavy atom. The van der Waals surface area contributed by atoms with Crippen LogP contribution in [0.4, 0.5) is 5.69 Å². The van der Waals surface area contributed by atoms with Crippen molar-refractivity contribution in [2.24, 2.45) is 4.99 Å². The third-order valence-electron chi connectivity index (χ3n) is 8.96. The number of hydrogen-bond donors (Lipinski definition) is 0. The highest BCUT2D eigenvalue weighted by Gasteiger charge is 2.21. The van der Waals surface area contributed by atoms with Crippen molar-refractivity contribution >= 4 is 28.9 Å². The van der Waals surface area contributed by atoms with Crippen LogP contribution < -0.4 is 0 Å². The number of aliphatic imine (C=N–C) groups is 1. The number of benzene rings is 4. The molecule has 0 atom stereocenters. The summed E-state index contributed by atoms with van der Waals surface area (Å²) >= 11 is 0. The molecule has 50 heavy (non-hydrogen) atoms. The average Bonchev–Trinajstić information content (AvgIpc) is 3.19. The van der Waals surface area contributed by atoms with Crippen LogP contribution in [0, 0.1) is 0 Å². The van der Waals surface area contributed by atoms with Crippen molar-refractivity contribution in [2.75, 3.05) is 0 Å². The maximum atomic E-state index is 5.16. The standard InChI is InChI=1S/C46H36N4/c1-5-6-17-31(2)32(3)39-29-49-43(41(45(39)47-4)34-20-12-8-13-21-34)36-24-16-25-37(28-36)44-42(35-22-14-9-15-23-35)46-40(30-50-44)38(26-27-48-46)33-18-10-7-11-19-33/h5-30H,3-4H2,1-2H3/b6-5-,31-17+. The molecule has 4 nitrogen and oxygen atoms in total. The van der Waals surface area contributed by atoms with Crippen molar-refractivity contribution < 1.29 is 0 Å². The molecule has 0 radical (unpaired) electrons. The lowest BCUT2D eigenvalue weighted by Gasteiger charge is -2.18. The Morgan fingerprint density at radius 1 is 0.640 bits per heavy atom.